The second-order valence-electron chi connectivity index (χ2n) is 3.12. The van der Waals surface area contributed by atoms with Crippen molar-refractivity contribution in [3.05, 3.63) is 31.0 Å². The van der Waals surface area contributed by atoms with E-state index in [9.17, 15) is 4.79 Å². The molecule has 0 unspecified atom stereocenters. The number of rotatable bonds is 3. The molecule has 0 saturated heterocycles. The molecule has 2 aromatic heterocycles. The lowest BCUT2D eigenvalue weighted by Crippen LogP contribution is -2.13. The number of hydrogen-bond donors (Lipinski definition) is 1. The molecular formula is C10H11N5O2. The highest BCUT2D eigenvalue weighted by Gasteiger charge is 2.03. The number of aromatic nitrogens is 4. The van der Waals surface area contributed by atoms with Crippen molar-refractivity contribution in [3.8, 4) is 5.82 Å². The van der Waals surface area contributed by atoms with E-state index in [1.165, 1.54) is 6.20 Å². The predicted molar refractivity (Wildman–Crippen MR) is 59.8 cm³/mol. The Morgan fingerprint density at radius 2 is 2.18 bits per heavy atom. The van der Waals surface area contributed by atoms with Crippen molar-refractivity contribution in [3.63, 3.8) is 0 Å². The summed E-state index contributed by atoms with van der Waals surface area (Å²) < 4.78 is 6.41. The van der Waals surface area contributed by atoms with E-state index in [0.717, 1.165) is 0 Å². The van der Waals surface area contributed by atoms with Gasteiger partial charge in [0.15, 0.2) is 0 Å². The van der Waals surface area contributed by atoms with Gasteiger partial charge >= 0.3 is 6.09 Å². The van der Waals surface area contributed by atoms with Crippen molar-refractivity contribution in [2.24, 2.45) is 0 Å². The smallest absolute Gasteiger partial charge is 0.411 e. The number of ether oxygens (including phenoxy) is 1. The number of nitrogens with zero attached hydrogens (tertiary/aromatic N) is 4. The maximum absolute atomic E-state index is 11.1. The first-order valence-electron chi connectivity index (χ1n) is 5.04. The van der Waals surface area contributed by atoms with Crippen molar-refractivity contribution < 1.29 is 9.53 Å². The van der Waals surface area contributed by atoms with E-state index in [0.29, 0.717) is 18.1 Å². The molecule has 1 amide bonds. The predicted octanol–water partition coefficient (Wildman–Crippen LogP) is 1.23. The second-order valence-corrected chi connectivity index (χ2v) is 3.12. The van der Waals surface area contributed by atoms with Crippen LogP contribution in [0.4, 0.5) is 10.5 Å². The van der Waals surface area contributed by atoms with Crippen LogP contribution in [0.25, 0.3) is 5.82 Å². The lowest BCUT2D eigenvalue weighted by Gasteiger charge is -2.05. The Bertz CT molecular complexity index is 480. The number of carbonyl (C=O) groups excluding carboxylic acids is 1. The van der Waals surface area contributed by atoms with Gasteiger partial charge in [-0.2, -0.15) is 0 Å². The van der Waals surface area contributed by atoms with Crippen LogP contribution in [0.5, 0.6) is 0 Å². The van der Waals surface area contributed by atoms with E-state index < -0.39 is 6.09 Å². The van der Waals surface area contributed by atoms with Gasteiger partial charge in [-0.3, -0.25) is 9.88 Å². The Morgan fingerprint density at radius 1 is 1.41 bits per heavy atom. The summed E-state index contributed by atoms with van der Waals surface area (Å²) in [6.07, 6.45) is 4.12. The number of amides is 1. The molecule has 17 heavy (non-hydrogen) atoms. The van der Waals surface area contributed by atoms with Crippen LogP contribution in [-0.4, -0.2) is 32.4 Å². The highest BCUT2D eigenvalue weighted by molar-refractivity contribution is 5.84. The average molecular weight is 233 g/mol. The SMILES string of the molecule is CCOC(=O)Nc1ccc(-n2cnnc2)nc1. The Morgan fingerprint density at radius 3 is 2.76 bits per heavy atom. The summed E-state index contributed by atoms with van der Waals surface area (Å²) in [6, 6.07) is 3.46. The number of anilines is 1. The lowest BCUT2D eigenvalue weighted by molar-refractivity contribution is 0.168. The molecule has 7 nitrogen and oxygen atoms in total. The molecule has 0 spiro atoms. The van der Waals surface area contributed by atoms with Gasteiger partial charge in [-0.25, -0.2) is 9.78 Å². The van der Waals surface area contributed by atoms with Crippen LogP contribution in [-0.2, 0) is 4.74 Å². The van der Waals surface area contributed by atoms with Gasteiger partial charge in [0, 0.05) is 0 Å². The lowest BCUT2D eigenvalue weighted by atomic mass is 10.4. The third-order valence-electron chi connectivity index (χ3n) is 1.95. The van der Waals surface area contributed by atoms with E-state index in [1.54, 1.807) is 36.3 Å². The fraction of sp³-hybridized carbons (Fsp3) is 0.200. The van der Waals surface area contributed by atoms with Crippen LogP contribution < -0.4 is 5.32 Å². The molecule has 2 rings (SSSR count). The standard InChI is InChI=1S/C10H11N5O2/c1-2-17-10(16)14-8-3-4-9(11-5-8)15-6-12-13-7-15/h3-7H,2H2,1H3,(H,14,16). The molecule has 0 aliphatic carbocycles. The van der Waals surface area contributed by atoms with Crippen molar-refractivity contribution in [2.45, 2.75) is 6.92 Å². The summed E-state index contributed by atoms with van der Waals surface area (Å²) in [5.41, 5.74) is 0.570. The van der Waals surface area contributed by atoms with Crippen LogP contribution in [0.15, 0.2) is 31.0 Å². The summed E-state index contributed by atoms with van der Waals surface area (Å²) in [4.78, 5) is 15.3. The molecular weight excluding hydrogens is 222 g/mol. The zero-order chi connectivity index (χ0) is 12.1. The normalized spacial score (nSPS) is 9.94. The quantitative estimate of drug-likeness (QED) is 0.862. The zero-order valence-corrected chi connectivity index (χ0v) is 9.20. The van der Waals surface area contributed by atoms with Gasteiger partial charge in [0.2, 0.25) is 0 Å². The summed E-state index contributed by atoms with van der Waals surface area (Å²) in [7, 11) is 0. The molecule has 0 aliphatic rings. The third kappa shape index (κ3) is 2.77. The minimum Gasteiger partial charge on any atom is -0.450 e. The number of hydrogen-bond acceptors (Lipinski definition) is 5. The van der Waals surface area contributed by atoms with Gasteiger partial charge in [-0.05, 0) is 19.1 Å². The van der Waals surface area contributed by atoms with Gasteiger partial charge in [0.1, 0.15) is 18.5 Å². The first-order chi connectivity index (χ1) is 8.29. The summed E-state index contributed by atoms with van der Waals surface area (Å²) in [5, 5.41) is 9.91. The summed E-state index contributed by atoms with van der Waals surface area (Å²) in [5.74, 6) is 0.671. The molecule has 1 N–H and O–H groups in total. The summed E-state index contributed by atoms with van der Waals surface area (Å²) in [6.45, 7) is 2.07. The van der Waals surface area contributed by atoms with Crippen LogP contribution >= 0.6 is 0 Å². The highest BCUT2D eigenvalue weighted by Crippen LogP contribution is 2.09. The van der Waals surface area contributed by atoms with Gasteiger partial charge in [-0.1, -0.05) is 0 Å². The molecule has 0 aliphatic heterocycles. The monoisotopic (exact) mass is 233 g/mol. The fourth-order valence-corrected chi connectivity index (χ4v) is 1.22. The minimum atomic E-state index is -0.494. The van der Waals surface area contributed by atoms with Crippen molar-refractivity contribution in [1.82, 2.24) is 19.7 Å². The largest absolute Gasteiger partial charge is 0.450 e. The van der Waals surface area contributed by atoms with Gasteiger partial charge in [0.05, 0.1) is 18.5 Å². The van der Waals surface area contributed by atoms with Crippen LogP contribution in [0.1, 0.15) is 6.92 Å². The summed E-state index contributed by atoms with van der Waals surface area (Å²) >= 11 is 0. The molecule has 0 radical (unpaired) electrons. The molecule has 2 heterocycles. The molecule has 2 aromatic rings. The first kappa shape index (κ1) is 11.1. The van der Waals surface area contributed by atoms with Gasteiger partial charge < -0.3 is 4.74 Å². The van der Waals surface area contributed by atoms with Crippen molar-refractivity contribution >= 4 is 11.8 Å². The molecule has 0 saturated carbocycles. The second kappa shape index (κ2) is 5.06. The third-order valence-corrected chi connectivity index (χ3v) is 1.95. The van der Waals surface area contributed by atoms with E-state index >= 15 is 0 Å². The Hall–Kier alpha value is -2.44. The van der Waals surface area contributed by atoms with E-state index in [-0.39, 0.29) is 0 Å². The first-order valence-corrected chi connectivity index (χ1v) is 5.04. The number of carbonyl (C=O) groups is 1. The number of pyridine rings is 1. The van der Waals surface area contributed by atoms with E-state index in [1.807, 2.05) is 0 Å². The maximum Gasteiger partial charge on any atom is 0.411 e. The maximum atomic E-state index is 11.1. The Labute approximate surface area is 97.5 Å². The zero-order valence-electron chi connectivity index (χ0n) is 9.20. The average Bonchev–Trinajstić information content (AvgIpc) is 2.84. The van der Waals surface area contributed by atoms with Crippen molar-refractivity contribution in [1.29, 1.82) is 0 Å². The van der Waals surface area contributed by atoms with Crippen LogP contribution in [0.2, 0.25) is 0 Å². The van der Waals surface area contributed by atoms with E-state index in [4.69, 9.17) is 4.74 Å². The molecule has 0 aromatic carbocycles. The highest BCUT2D eigenvalue weighted by atomic mass is 16.5. The van der Waals surface area contributed by atoms with Gasteiger partial charge in [0.25, 0.3) is 0 Å². The molecule has 0 bridgehead atoms. The van der Waals surface area contributed by atoms with Crippen molar-refractivity contribution in [2.75, 3.05) is 11.9 Å². The fourth-order valence-electron chi connectivity index (χ4n) is 1.22. The van der Waals surface area contributed by atoms with E-state index in [2.05, 4.69) is 20.5 Å². The van der Waals surface area contributed by atoms with Crippen LogP contribution in [0, 0.1) is 0 Å². The number of nitrogens with one attached hydrogen (secondary N) is 1. The Kier molecular flexibility index (Phi) is 3.29. The molecule has 7 heteroatoms. The molecule has 88 valence electrons. The molecule has 0 atom stereocenters. The minimum absolute atomic E-state index is 0.331. The molecule has 0 fully saturated rings. The Balaban J connectivity index is 2.06. The topological polar surface area (TPSA) is 81.9 Å². The van der Waals surface area contributed by atoms with Gasteiger partial charge in [-0.15, -0.1) is 10.2 Å². The van der Waals surface area contributed by atoms with Crippen LogP contribution in [0.3, 0.4) is 0 Å².